The first-order chi connectivity index (χ1) is 8.93. The van der Waals surface area contributed by atoms with Crippen molar-refractivity contribution in [3.05, 3.63) is 43.0 Å². The highest BCUT2D eigenvalue weighted by Crippen LogP contribution is 2.30. The number of rotatable bonds is 1. The molecule has 4 aromatic heterocycles. The molecule has 0 aliphatic carbocycles. The lowest BCUT2D eigenvalue weighted by molar-refractivity contribution is 1.12. The van der Waals surface area contributed by atoms with Crippen molar-refractivity contribution in [2.75, 3.05) is 0 Å². The molecule has 0 aliphatic rings. The highest BCUT2D eigenvalue weighted by atomic mass is 15.1. The summed E-state index contributed by atoms with van der Waals surface area (Å²) in [5, 5.41) is 8.14. The van der Waals surface area contributed by atoms with Gasteiger partial charge in [0.25, 0.3) is 0 Å². The number of pyridine rings is 2. The largest absolute Gasteiger partial charge is 0.346 e. The minimum atomic E-state index is 0.869. The lowest BCUT2D eigenvalue weighted by Crippen LogP contribution is -1.85. The number of fused-ring (bicyclic) bond motifs is 2. The van der Waals surface area contributed by atoms with E-state index in [1.807, 2.05) is 24.4 Å². The zero-order valence-electron chi connectivity index (χ0n) is 9.38. The zero-order valence-corrected chi connectivity index (χ0v) is 9.38. The number of nitrogens with one attached hydrogen (secondary N) is 2. The number of aromatic amines is 2. The molecule has 0 atom stereocenters. The standard InChI is InChI=1S/C13H9N5/c1-5-15-13-10(3-6-16-13)8(1)9-2-4-14-11-7-17-18-12(9)11/h1-7H,(H,15,16)(H,17,18). The van der Waals surface area contributed by atoms with Crippen molar-refractivity contribution in [3.63, 3.8) is 0 Å². The van der Waals surface area contributed by atoms with Crippen LogP contribution in [0.5, 0.6) is 0 Å². The summed E-state index contributed by atoms with van der Waals surface area (Å²) in [7, 11) is 0. The molecule has 5 heteroatoms. The first-order valence-electron chi connectivity index (χ1n) is 5.64. The SMILES string of the molecule is c1cc(-c2ccnc3[nH]ccc23)c2[nH]ncc2n1. The molecule has 5 nitrogen and oxygen atoms in total. The molecule has 0 bridgehead atoms. The second kappa shape index (κ2) is 3.40. The Hall–Kier alpha value is -2.69. The summed E-state index contributed by atoms with van der Waals surface area (Å²) in [6.45, 7) is 0. The van der Waals surface area contributed by atoms with E-state index in [2.05, 4.69) is 25.1 Å². The van der Waals surface area contributed by atoms with E-state index >= 15 is 0 Å². The van der Waals surface area contributed by atoms with Crippen LogP contribution >= 0.6 is 0 Å². The minimum Gasteiger partial charge on any atom is -0.346 e. The molecule has 4 aromatic rings. The molecule has 0 radical (unpaired) electrons. The van der Waals surface area contributed by atoms with Crippen LogP contribution in [-0.2, 0) is 0 Å². The van der Waals surface area contributed by atoms with E-state index in [9.17, 15) is 0 Å². The summed E-state index contributed by atoms with van der Waals surface area (Å²) in [6, 6.07) is 6.02. The summed E-state index contributed by atoms with van der Waals surface area (Å²) < 4.78 is 0. The van der Waals surface area contributed by atoms with Crippen LogP contribution in [-0.4, -0.2) is 25.1 Å². The lowest BCUT2D eigenvalue weighted by atomic mass is 10.0. The van der Waals surface area contributed by atoms with E-state index in [0.717, 1.165) is 33.2 Å². The van der Waals surface area contributed by atoms with E-state index in [4.69, 9.17) is 0 Å². The Bertz CT molecular complexity index is 770. The van der Waals surface area contributed by atoms with Gasteiger partial charge in [0.1, 0.15) is 11.2 Å². The zero-order chi connectivity index (χ0) is 11.9. The topological polar surface area (TPSA) is 70.2 Å². The Morgan fingerprint density at radius 3 is 2.83 bits per heavy atom. The number of aromatic nitrogens is 5. The minimum absolute atomic E-state index is 0.869. The van der Waals surface area contributed by atoms with Gasteiger partial charge in [0.2, 0.25) is 0 Å². The van der Waals surface area contributed by atoms with E-state index in [-0.39, 0.29) is 0 Å². The second-order valence-corrected chi connectivity index (χ2v) is 4.09. The predicted molar refractivity (Wildman–Crippen MR) is 69.0 cm³/mol. The van der Waals surface area contributed by atoms with Crippen molar-refractivity contribution >= 4 is 22.1 Å². The Kier molecular flexibility index (Phi) is 1.77. The molecule has 0 aliphatic heterocycles. The normalized spacial score (nSPS) is 11.3. The van der Waals surface area contributed by atoms with Gasteiger partial charge in [-0.25, -0.2) is 4.98 Å². The maximum absolute atomic E-state index is 4.30. The smallest absolute Gasteiger partial charge is 0.137 e. The van der Waals surface area contributed by atoms with Crippen LogP contribution in [0.4, 0.5) is 0 Å². The fraction of sp³-hybridized carbons (Fsp3) is 0. The van der Waals surface area contributed by atoms with Crippen molar-refractivity contribution in [2.24, 2.45) is 0 Å². The fourth-order valence-corrected chi connectivity index (χ4v) is 2.27. The molecule has 0 unspecified atom stereocenters. The molecule has 0 fully saturated rings. The quantitative estimate of drug-likeness (QED) is 0.532. The average molecular weight is 235 g/mol. The molecule has 0 amide bonds. The van der Waals surface area contributed by atoms with Crippen molar-refractivity contribution in [2.45, 2.75) is 0 Å². The van der Waals surface area contributed by atoms with Gasteiger partial charge in [0.15, 0.2) is 0 Å². The molecular weight excluding hydrogens is 226 g/mol. The molecular formula is C13H9N5. The van der Waals surface area contributed by atoms with Crippen LogP contribution in [0.1, 0.15) is 0 Å². The third-order valence-corrected chi connectivity index (χ3v) is 3.09. The highest BCUT2D eigenvalue weighted by molar-refractivity contribution is 6.00. The summed E-state index contributed by atoms with van der Waals surface area (Å²) in [4.78, 5) is 11.7. The monoisotopic (exact) mass is 235 g/mol. The van der Waals surface area contributed by atoms with E-state index < -0.39 is 0 Å². The summed E-state index contributed by atoms with van der Waals surface area (Å²) in [5.74, 6) is 0. The Labute approximate surface area is 102 Å². The van der Waals surface area contributed by atoms with Crippen LogP contribution in [0.25, 0.3) is 33.2 Å². The first kappa shape index (κ1) is 9.35. The number of H-pyrrole nitrogens is 2. The molecule has 86 valence electrons. The van der Waals surface area contributed by atoms with Crippen LogP contribution in [0, 0.1) is 0 Å². The number of nitrogens with zero attached hydrogens (tertiary/aromatic N) is 3. The van der Waals surface area contributed by atoms with Crippen molar-refractivity contribution < 1.29 is 0 Å². The average Bonchev–Trinajstić information content (AvgIpc) is 3.06. The van der Waals surface area contributed by atoms with Crippen molar-refractivity contribution in [1.29, 1.82) is 0 Å². The third-order valence-electron chi connectivity index (χ3n) is 3.09. The van der Waals surface area contributed by atoms with Crippen molar-refractivity contribution in [3.8, 4) is 11.1 Å². The van der Waals surface area contributed by atoms with Crippen LogP contribution in [0.2, 0.25) is 0 Å². The molecule has 4 heterocycles. The second-order valence-electron chi connectivity index (χ2n) is 4.09. The number of hydrogen-bond donors (Lipinski definition) is 2. The van der Waals surface area contributed by atoms with Crippen LogP contribution in [0.3, 0.4) is 0 Å². The number of hydrogen-bond acceptors (Lipinski definition) is 3. The van der Waals surface area contributed by atoms with E-state index in [1.165, 1.54) is 0 Å². The van der Waals surface area contributed by atoms with E-state index in [1.54, 1.807) is 18.6 Å². The summed E-state index contributed by atoms with van der Waals surface area (Å²) in [6.07, 6.45) is 7.23. The van der Waals surface area contributed by atoms with Gasteiger partial charge in [-0.2, -0.15) is 5.10 Å². The maximum atomic E-state index is 4.30. The van der Waals surface area contributed by atoms with Gasteiger partial charge in [0, 0.05) is 29.5 Å². The fourth-order valence-electron chi connectivity index (χ4n) is 2.27. The summed E-state index contributed by atoms with van der Waals surface area (Å²) in [5.41, 5.74) is 4.92. The molecule has 0 saturated carbocycles. The van der Waals surface area contributed by atoms with Crippen molar-refractivity contribution in [1.82, 2.24) is 25.1 Å². The molecule has 2 N–H and O–H groups in total. The highest BCUT2D eigenvalue weighted by Gasteiger charge is 2.10. The maximum Gasteiger partial charge on any atom is 0.137 e. The van der Waals surface area contributed by atoms with Gasteiger partial charge in [-0.3, -0.25) is 10.1 Å². The molecule has 0 spiro atoms. The van der Waals surface area contributed by atoms with Gasteiger partial charge >= 0.3 is 0 Å². The van der Waals surface area contributed by atoms with Crippen LogP contribution in [0.15, 0.2) is 43.0 Å². The van der Waals surface area contributed by atoms with Crippen LogP contribution < -0.4 is 0 Å². The van der Waals surface area contributed by atoms with E-state index in [0.29, 0.717) is 0 Å². The molecule has 0 aromatic carbocycles. The van der Waals surface area contributed by atoms with Gasteiger partial charge in [-0.1, -0.05) is 0 Å². The molecule has 18 heavy (non-hydrogen) atoms. The van der Waals surface area contributed by atoms with Gasteiger partial charge in [-0.15, -0.1) is 0 Å². The Morgan fingerprint density at radius 2 is 1.83 bits per heavy atom. The Balaban J connectivity index is 2.13. The summed E-state index contributed by atoms with van der Waals surface area (Å²) >= 11 is 0. The third kappa shape index (κ3) is 1.18. The first-order valence-corrected chi connectivity index (χ1v) is 5.64. The Morgan fingerprint density at radius 1 is 0.944 bits per heavy atom. The van der Waals surface area contributed by atoms with Gasteiger partial charge in [-0.05, 0) is 23.8 Å². The molecule has 4 rings (SSSR count). The molecule has 0 saturated heterocycles. The van der Waals surface area contributed by atoms with Gasteiger partial charge in [0.05, 0.1) is 11.7 Å². The van der Waals surface area contributed by atoms with Gasteiger partial charge < -0.3 is 4.98 Å². The predicted octanol–water partition coefficient (Wildman–Crippen LogP) is 2.50. The lowest BCUT2D eigenvalue weighted by Gasteiger charge is -2.04.